The minimum atomic E-state index is -0.0513. The number of rotatable bonds is 2. The van der Waals surface area contributed by atoms with Gasteiger partial charge in [-0.1, -0.05) is 24.3 Å². The Hall–Kier alpha value is -3.25. The van der Waals surface area contributed by atoms with Gasteiger partial charge in [-0.05, 0) is 36.8 Å². The summed E-state index contributed by atoms with van der Waals surface area (Å²) in [7, 11) is 0. The first kappa shape index (κ1) is 16.0. The van der Waals surface area contributed by atoms with Crippen molar-refractivity contribution in [2.75, 3.05) is 11.4 Å². The molecule has 1 amide bonds. The van der Waals surface area contributed by atoms with Gasteiger partial charge in [0, 0.05) is 24.4 Å². The van der Waals surface area contributed by atoms with Crippen molar-refractivity contribution >= 4 is 33.5 Å². The molecule has 0 saturated carbocycles. The van der Waals surface area contributed by atoms with Crippen molar-refractivity contribution in [1.82, 2.24) is 14.5 Å². The number of imidazole rings is 1. The van der Waals surface area contributed by atoms with Crippen LogP contribution in [0.5, 0.6) is 0 Å². The van der Waals surface area contributed by atoms with E-state index in [1.165, 1.54) is 0 Å². The molecule has 6 heteroatoms. The third kappa shape index (κ3) is 2.65. The molecule has 4 aromatic rings. The number of hydrogen-bond acceptors (Lipinski definition) is 4. The molecule has 27 heavy (non-hydrogen) atoms. The smallest absolute Gasteiger partial charge is 0.228 e. The first-order valence-corrected chi connectivity index (χ1v) is 9.09. The zero-order valence-electron chi connectivity index (χ0n) is 14.7. The van der Waals surface area contributed by atoms with Gasteiger partial charge in [-0.25, -0.2) is 9.97 Å². The summed E-state index contributed by atoms with van der Waals surface area (Å²) in [5, 5.41) is 1.00. The summed E-state index contributed by atoms with van der Waals surface area (Å²) >= 11 is 0. The van der Waals surface area contributed by atoms with Crippen LogP contribution >= 0.6 is 0 Å². The number of amides is 1. The number of carbonyl (C=O) groups is 1. The molecule has 1 saturated heterocycles. The van der Waals surface area contributed by atoms with Crippen LogP contribution in [-0.4, -0.2) is 33.0 Å². The third-order valence-electron chi connectivity index (χ3n) is 5.14. The van der Waals surface area contributed by atoms with E-state index in [1.54, 1.807) is 6.33 Å². The number of nitrogens with zero attached hydrogens (tertiary/aromatic N) is 4. The average molecular weight is 357 g/mol. The standard InChI is InChI=1S/C21H19N5O/c22-15-10-11-25(20(27)12-15)18-7-3-4-14-8-9-19(24-21(14)18)26-13-23-16-5-1-2-6-17(16)26/h1-9,13,15H,10-12,22H2. The Balaban J connectivity index is 1.66. The topological polar surface area (TPSA) is 77.0 Å². The number of carbonyl (C=O) groups excluding carboxylic acids is 1. The molecule has 5 rings (SSSR count). The number of aromatic nitrogens is 3. The third-order valence-corrected chi connectivity index (χ3v) is 5.14. The predicted octanol–water partition coefficient (Wildman–Crippen LogP) is 3.03. The molecule has 134 valence electrons. The van der Waals surface area contributed by atoms with Gasteiger partial charge < -0.3 is 10.6 Å². The Labute approximate surface area is 156 Å². The number of pyridine rings is 1. The Morgan fingerprint density at radius 1 is 1.04 bits per heavy atom. The number of piperidine rings is 1. The van der Waals surface area contributed by atoms with Crippen LogP contribution in [0, 0.1) is 0 Å². The fourth-order valence-electron chi connectivity index (χ4n) is 3.73. The molecule has 0 bridgehead atoms. The number of hydrogen-bond donors (Lipinski definition) is 1. The van der Waals surface area contributed by atoms with Gasteiger partial charge in [0.1, 0.15) is 12.1 Å². The van der Waals surface area contributed by atoms with Gasteiger partial charge in [0.2, 0.25) is 5.91 Å². The lowest BCUT2D eigenvalue weighted by molar-refractivity contribution is -0.119. The number of para-hydroxylation sites is 3. The van der Waals surface area contributed by atoms with E-state index < -0.39 is 0 Å². The summed E-state index contributed by atoms with van der Waals surface area (Å²) in [5.74, 6) is 0.839. The van der Waals surface area contributed by atoms with E-state index in [4.69, 9.17) is 10.7 Å². The van der Waals surface area contributed by atoms with Gasteiger partial charge in [-0.15, -0.1) is 0 Å². The largest absolute Gasteiger partial charge is 0.327 e. The van der Waals surface area contributed by atoms with E-state index in [0.29, 0.717) is 13.0 Å². The van der Waals surface area contributed by atoms with E-state index >= 15 is 0 Å². The minimum absolute atomic E-state index is 0.0513. The van der Waals surface area contributed by atoms with Crippen molar-refractivity contribution < 1.29 is 4.79 Å². The van der Waals surface area contributed by atoms with Crippen molar-refractivity contribution in [2.45, 2.75) is 18.9 Å². The number of nitrogens with two attached hydrogens (primary N) is 1. The van der Waals surface area contributed by atoms with Crippen molar-refractivity contribution in [2.24, 2.45) is 5.73 Å². The number of benzene rings is 2. The van der Waals surface area contributed by atoms with Crippen LogP contribution in [0.2, 0.25) is 0 Å². The van der Waals surface area contributed by atoms with Crippen molar-refractivity contribution in [3.05, 3.63) is 60.9 Å². The normalized spacial score (nSPS) is 17.7. The van der Waals surface area contributed by atoms with E-state index in [0.717, 1.165) is 39.9 Å². The molecular weight excluding hydrogens is 338 g/mol. The second kappa shape index (κ2) is 6.17. The Kier molecular flexibility index (Phi) is 3.65. The molecule has 1 aliphatic heterocycles. The molecule has 2 N–H and O–H groups in total. The summed E-state index contributed by atoms with van der Waals surface area (Å²) in [6, 6.07) is 17.9. The molecule has 1 aliphatic rings. The molecule has 2 aromatic heterocycles. The predicted molar refractivity (Wildman–Crippen MR) is 106 cm³/mol. The Bertz CT molecular complexity index is 1170. The first-order valence-electron chi connectivity index (χ1n) is 9.09. The zero-order valence-corrected chi connectivity index (χ0v) is 14.7. The van der Waals surface area contributed by atoms with Gasteiger partial charge in [0.15, 0.2) is 0 Å². The van der Waals surface area contributed by atoms with Gasteiger partial charge in [0.05, 0.1) is 22.2 Å². The number of fused-ring (bicyclic) bond motifs is 2. The average Bonchev–Trinajstić information content (AvgIpc) is 3.11. The molecule has 3 heterocycles. The molecule has 1 fully saturated rings. The molecule has 1 atom stereocenters. The second-order valence-corrected chi connectivity index (χ2v) is 6.92. The lowest BCUT2D eigenvalue weighted by Gasteiger charge is -2.30. The van der Waals surface area contributed by atoms with Crippen LogP contribution < -0.4 is 10.6 Å². The van der Waals surface area contributed by atoms with Gasteiger partial charge >= 0.3 is 0 Å². The highest BCUT2D eigenvalue weighted by Crippen LogP contribution is 2.29. The molecule has 2 aromatic carbocycles. The van der Waals surface area contributed by atoms with Crippen LogP contribution in [0.25, 0.3) is 27.8 Å². The zero-order chi connectivity index (χ0) is 18.4. The van der Waals surface area contributed by atoms with Crippen LogP contribution in [0.1, 0.15) is 12.8 Å². The minimum Gasteiger partial charge on any atom is -0.327 e. The van der Waals surface area contributed by atoms with E-state index in [1.807, 2.05) is 64.1 Å². The van der Waals surface area contributed by atoms with Gasteiger partial charge in [-0.3, -0.25) is 9.36 Å². The summed E-state index contributed by atoms with van der Waals surface area (Å²) in [6.45, 7) is 0.624. The van der Waals surface area contributed by atoms with Crippen LogP contribution in [0.3, 0.4) is 0 Å². The lowest BCUT2D eigenvalue weighted by atomic mass is 10.0. The molecular formula is C21H19N5O. The second-order valence-electron chi connectivity index (χ2n) is 6.92. The summed E-state index contributed by atoms with van der Waals surface area (Å²) in [5.41, 5.74) is 9.53. The van der Waals surface area contributed by atoms with Crippen LogP contribution in [0.4, 0.5) is 5.69 Å². The molecule has 6 nitrogen and oxygen atoms in total. The maximum absolute atomic E-state index is 12.5. The highest BCUT2D eigenvalue weighted by Gasteiger charge is 2.26. The highest BCUT2D eigenvalue weighted by molar-refractivity contribution is 6.03. The monoisotopic (exact) mass is 357 g/mol. The van der Waals surface area contributed by atoms with Crippen LogP contribution in [-0.2, 0) is 4.79 Å². The molecule has 0 aliphatic carbocycles. The Morgan fingerprint density at radius 3 is 2.81 bits per heavy atom. The van der Waals surface area contributed by atoms with Crippen molar-refractivity contribution in [3.8, 4) is 5.82 Å². The summed E-state index contributed by atoms with van der Waals surface area (Å²) in [4.78, 5) is 23.7. The van der Waals surface area contributed by atoms with E-state index in [-0.39, 0.29) is 11.9 Å². The van der Waals surface area contributed by atoms with Crippen molar-refractivity contribution in [3.63, 3.8) is 0 Å². The summed E-state index contributed by atoms with van der Waals surface area (Å²) in [6.07, 6.45) is 2.96. The fourth-order valence-corrected chi connectivity index (χ4v) is 3.73. The Morgan fingerprint density at radius 2 is 1.93 bits per heavy atom. The molecule has 0 radical (unpaired) electrons. The van der Waals surface area contributed by atoms with E-state index in [2.05, 4.69) is 4.98 Å². The SMILES string of the molecule is NC1CCN(c2cccc3ccc(-n4cnc5ccccc54)nc23)C(=O)C1. The maximum atomic E-state index is 12.5. The number of anilines is 1. The van der Waals surface area contributed by atoms with Gasteiger partial charge in [0.25, 0.3) is 0 Å². The fraction of sp³-hybridized carbons (Fsp3) is 0.190. The van der Waals surface area contributed by atoms with E-state index in [9.17, 15) is 4.79 Å². The first-order chi connectivity index (χ1) is 13.2. The highest BCUT2D eigenvalue weighted by atomic mass is 16.2. The molecule has 1 unspecified atom stereocenters. The lowest BCUT2D eigenvalue weighted by Crippen LogP contribution is -2.44. The van der Waals surface area contributed by atoms with Gasteiger partial charge in [-0.2, -0.15) is 0 Å². The quantitative estimate of drug-likeness (QED) is 0.598. The van der Waals surface area contributed by atoms with Crippen molar-refractivity contribution in [1.29, 1.82) is 0 Å². The maximum Gasteiger partial charge on any atom is 0.228 e. The van der Waals surface area contributed by atoms with Crippen LogP contribution in [0.15, 0.2) is 60.9 Å². The summed E-state index contributed by atoms with van der Waals surface area (Å²) < 4.78 is 1.97. The molecule has 0 spiro atoms.